The SMILES string of the molecule is O=C(NNC(=O)c1nc(-c2ccccc2)n(-c2ccccc2)n1)c1ccc2c(c1)OCO2. The second-order valence-corrected chi connectivity index (χ2v) is 6.85. The van der Waals surface area contributed by atoms with Gasteiger partial charge in [-0.3, -0.25) is 20.4 Å². The maximum Gasteiger partial charge on any atom is 0.309 e. The predicted molar refractivity (Wildman–Crippen MR) is 114 cm³/mol. The summed E-state index contributed by atoms with van der Waals surface area (Å²) >= 11 is 0. The summed E-state index contributed by atoms with van der Waals surface area (Å²) in [5.74, 6) is 0.297. The maximum atomic E-state index is 12.7. The molecule has 0 unspecified atom stereocenters. The number of hydrogen-bond donors (Lipinski definition) is 2. The molecule has 5 rings (SSSR count). The Bertz CT molecular complexity index is 1230. The summed E-state index contributed by atoms with van der Waals surface area (Å²) in [5, 5.41) is 4.36. The Morgan fingerprint density at radius 1 is 0.812 bits per heavy atom. The van der Waals surface area contributed by atoms with Crippen molar-refractivity contribution in [1.82, 2.24) is 25.6 Å². The maximum absolute atomic E-state index is 12.7. The molecule has 0 saturated heterocycles. The number of carbonyl (C=O) groups excluding carboxylic acids is 2. The van der Waals surface area contributed by atoms with Crippen LogP contribution in [0.4, 0.5) is 0 Å². The van der Waals surface area contributed by atoms with E-state index in [0.29, 0.717) is 22.9 Å². The molecule has 0 radical (unpaired) electrons. The molecule has 2 amide bonds. The zero-order valence-corrected chi connectivity index (χ0v) is 16.7. The lowest BCUT2D eigenvalue weighted by Gasteiger charge is -2.06. The highest BCUT2D eigenvalue weighted by molar-refractivity contribution is 5.98. The van der Waals surface area contributed by atoms with Crippen molar-refractivity contribution in [2.24, 2.45) is 0 Å². The van der Waals surface area contributed by atoms with Gasteiger partial charge in [0.2, 0.25) is 12.6 Å². The van der Waals surface area contributed by atoms with Gasteiger partial charge in [0.25, 0.3) is 5.91 Å². The Morgan fingerprint density at radius 3 is 2.28 bits per heavy atom. The summed E-state index contributed by atoms with van der Waals surface area (Å²) < 4.78 is 12.1. The standard InChI is InChI=1S/C23H17N5O4/c29-22(16-11-12-18-19(13-16)32-14-31-18)25-26-23(30)20-24-21(15-7-3-1-4-8-15)28(27-20)17-9-5-2-6-10-17/h1-13H,14H2,(H,25,29)(H,26,30). The van der Waals surface area contributed by atoms with Crippen molar-refractivity contribution in [2.45, 2.75) is 0 Å². The molecule has 1 aliphatic rings. The second kappa shape index (κ2) is 8.23. The van der Waals surface area contributed by atoms with Gasteiger partial charge in [-0.05, 0) is 30.3 Å². The highest BCUT2D eigenvalue weighted by Crippen LogP contribution is 2.32. The third-order valence-corrected chi connectivity index (χ3v) is 4.77. The molecule has 3 aromatic carbocycles. The normalized spacial score (nSPS) is 11.8. The molecule has 1 aromatic heterocycles. The first-order chi connectivity index (χ1) is 15.7. The first-order valence-electron chi connectivity index (χ1n) is 9.77. The number of amides is 2. The Morgan fingerprint density at radius 2 is 1.50 bits per heavy atom. The van der Waals surface area contributed by atoms with Gasteiger partial charge in [0.1, 0.15) is 0 Å². The minimum Gasteiger partial charge on any atom is -0.454 e. The predicted octanol–water partition coefficient (Wildman–Crippen LogP) is 2.74. The Kier molecular flexibility index (Phi) is 4.97. The summed E-state index contributed by atoms with van der Waals surface area (Å²) in [7, 11) is 0. The molecule has 4 aromatic rings. The van der Waals surface area contributed by atoms with Crippen LogP contribution in [0.5, 0.6) is 11.5 Å². The lowest BCUT2D eigenvalue weighted by molar-refractivity contribution is 0.0841. The van der Waals surface area contributed by atoms with Gasteiger partial charge in [-0.15, -0.1) is 5.10 Å². The van der Waals surface area contributed by atoms with Crippen LogP contribution in [0.15, 0.2) is 78.9 Å². The Balaban J connectivity index is 1.37. The van der Waals surface area contributed by atoms with Crippen molar-refractivity contribution in [3.05, 3.63) is 90.3 Å². The van der Waals surface area contributed by atoms with E-state index in [-0.39, 0.29) is 12.6 Å². The zero-order chi connectivity index (χ0) is 21.9. The highest BCUT2D eigenvalue weighted by atomic mass is 16.7. The summed E-state index contributed by atoms with van der Waals surface area (Å²) in [6, 6.07) is 23.5. The quantitative estimate of drug-likeness (QED) is 0.485. The molecule has 2 heterocycles. The van der Waals surface area contributed by atoms with Crippen LogP contribution in [0.25, 0.3) is 17.1 Å². The fourth-order valence-corrected chi connectivity index (χ4v) is 3.21. The second-order valence-electron chi connectivity index (χ2n) is 6.85. The van der Waals surface area contributed by atoms with Gasteiger partial charge in [0.15, 0.2) is 17.3 Å². The third kappa shape index (κ3) is 3.74. The smallest absolute Gasteiger partial charge is 0.309 e. The molecule has 0 bridgehead atoms. The first kappa shape index (κ1) is 19.3. The molecule has 0 atom stereocenters. The average molecular weight is 427 g/mol. The van der Waals surface area contributed by atoms with Crippen molar-refractivity contribution in [3.63, 3.8) is 0 Å². The van der Waals surface area contributed by atoms with Crippen molar-refractivity contribution in [1.29, 1.82) is 0 Å². The van der Waals surface area contributed by atoms with E-state index in [1.54, 1.807) is 22.9 Å². The molecule has 0 aliphatic carbocycles. The van der Waals surface area contributed by atoms with Crippen molar-refractivity contribution < 1.29 is 19.1 Å². The van der Waals surface area contributed by atoms with Crippen LogP contribution < -0.4 is 20.3 Å². The molecule has 32 heavy (non-hydrogen) atoms. The van der Waals surface area contributed by atoms with Crippen LogP contribution in [0, 0.1) is 0 Å². The van der Waals surface area contributed by atoms with E-state index in [2.05, 4.69) is 20.9 Å². The topological polar surface area (TPSA) is 107 Å². The minimum atomic E-state index is -0.647. The van der Waals surface area contributed by atoms with E-state index in [1.165, 1.54) is 0 Å². The van der Waals surface area contributed by atoms with Crippen LogP contribution in [0.1, 0.15) is 21.0 Å². The summed E-state index contributed by atoms with van der Waals surface area (Å²) in [5.41, 5.74) is 6.59. The van der Waals surface area contributed by atoms with E-state index < -0.39 is 11.8 Å². The van der Waals surface area contributed by atoms with E-state index in [0.717, 1.165) is 11.3 Å². The number of fused-ring (bicyclic) bond motifs is 1. The fourth-order valence-electron chi connectivity index (χ4n) is 3.21. The molecule has 0 saturated carbocycles. The minimum absolute atomic E-state index is 0.0845. The average Bonchev–Trinajstić information content (AvgIpc) is 3.50. The van der Waals surface area contributed by atoms with Gasteiger partial charge < -0.3 is 9.47 Å². The first-order valence-corrected chi connectivity index (χ1v) is 9.77. The molecule has 1 aliphatic heterocycles. The van der Waals surface area contributed by atoms with Gasteiger partial charge in [-0.2, -0.15) is 0 Å². The van der Waals surface area contributed by atoms with Crippen molar-refractivity contribution in [2.75, 3.05) is 6.79 Å². The summed E-state index contributed by atoms with van der Waals surface area (Å²) in [6.45, 7) is 0.108. The van der Waals surface area contributed by atoms with Crippen molar-refractivity contribution in [3.8, 4) is 28.6 Å². The Hall–Kier alpha value is -4.66. The molecule has 158 valence electrons. The molecular formula is C23H17N5O4. The number of rotatable bonds is 4. The van der Waals surface area contributed by atoms with Crippen LogP contribution in [-0.2, 0) is 0 Å². The van der Waals surface area contributed by atoms with Gasteiger partial charge in [-0.25, -0.2) is 9.67 Å². The number of ether oxygens (including phenoxy) is 2. The zero-order valence-electron chi connectivity index (χ0n) is 16.7. The lowest BCUT2D eigenvalue weighted by atomic mass is 10.2. The Labute approximate surface area is 182 Å². The van der Waals surface area contributed by atoms with Crippen LogP contribution >= 0.6 is 0 Å². The summed E-state index contributed by atoms with van der Waals surface area (Å²) in [6.07, 6.45) is 0. The number of nitrogens with zero attached hydrogens (tertiary/aromatic N) is 3. The third-order valence-electron chi connectivity index (χ3n) is 4.77. The molecule has 0 fully saturated rings. The summed E-state index contributed by atoms with van der Waals surface area (Å²) in [4.78, 5) is 29.5. The van der Waals surface area contributed by atoms with E-state index in [4.69, 9.17) is 9.47 Å². The molecular weight excluding hydrogens is 410 g/mol. The van der Waals surface area contributed by atoms with Crippen LogP contribution in [0.3, 0.4) is 0 Å². The number of carbonyl (C=O) groups is 2. The van der Waals surface area contributed by atoms with Gasteiger partial charge in [-0.1, -0.05) is 48.5 Å². The number of para-hydroxylation sites is 1. The fraction of sp³-hybridized carbons (Fsp3) is 0.0435. The van der Waals surface area contributed by atoms with Crippen molar-refractivity contribution >= 4 is 11.8 Å². The van der Waals surface area contributed by atoms with E-state index in [9.17, 15) is 9.59 Å². The molecule has 9 heteroatoms. The van der Waals surface area contributed by atoms with E-state index in [1.807, 2.05) is 60.7 Å². The van der Waals surface area contributed by atoms with Crippen LogP contribution in [-0.4, -0.2) is 33.4 Å². The molecule has 0 spiro atoms. The van der Waals surface area contributed by atoms with E-state index >= 15 is 0 Å². The number of aromatic nitrogens is 3. The van der Waals surface area contributed by atoms with Crippen LogP contribution in [0.2, 0.25) is 0 Å². The number of nitrogens with one attached hydrogen (secondary N) is 2. The number of hydrogen-bond acceptors (Lipinski definition) is 6. The molecule has 2 N–H and O–H groups in total. The highest BCUT2D eigenvalue weighted by Gasteiger charge is 2.20. The largest absolute Gasteiger partial charge is 0.454 e. The monoisotopic (exact) mass is 427 g/mol. The number of benzene rings is 3. The van der Waals surface area contributed by atoms with Gasteiger partial charge in [0, 0.05) is 11.1 Å². The molecule has 9 nitrogen and oxygen atoms in total. The van der Waals surface area contributed by atoms with Gasteiger partial charge >= 0.3 is 5.91 Å². The van der Waals surface area contributed by atoms with Gasteiger partial charge in [0.05, 0.1) is 5.69 Å². The lowest BCUT2D eigenvalue weighted by Crippen LogP contribution is -2.42. The number of hydrazine groups is 1.